The van der Waals surface area contributed by atoms with Crippen LogP contribution in [0.3, 0.4) is 0 Å². The van der Waals surface area contributed by atoms with E-state index in [-0.39, 0.29) is 0 Å². The van der Waals surface area contributed by atoms with Crippen molar-refractivity contribution in [2.45, 2.75) is 5.41 Å². The Kier molecular flexibility index (Phi) is 8.41. The second-order valence-electron chi connectivity index (χ2n) is 19.9. The van der Waals surface area contributed by atoms with E-state index in [0.717, 1.165) is 22.7 Å². The van der Waals surface area contributed by atoms with Gasteiger partial charge in [0.15, 0.2) is 0 Å². The lowest BCUT2D eigenvalue weighted by atomic mass is 9.70. The Bertz CT molecular complexity index is 4520. The molecule has 2 nitrogen and oxygen atoms in total. The minimum absolute atomic E-state index is 0.467. The van der Waals surface area contributed by atoms with E-state index in [2.05, 4.69) is 276 Å². The fourth-order valence-electron chi connectivity index (χ4n) is 13.4. The first-order valence-electron chi connectivity index (χ1n) is 25.4. The first-order valence-corrected chi connectivity index (χ1v) is 25.4. The van der Waals surface area contributed by atoms with E-state index in [4.69, 9.17) is 0 Å². The molecule has 0 bridgehead atoms. The number of anilines is 3. The van der Waals surface area contributed by atoms with Gasteiger partial charge in [-0.05, 0) is 159 Å². The average Bonchev–Trinajstić information content (AvgIpc) is 4.08. The number of fused-ring (bicyclic) bond motifs is 21. The van der Waals surface area contributed by atoms with Crippen molar-refractivity contribution in [3.8, 4) is 39.1 Å². The summed E-state index contributed by atoms with van der Waals surface area (Å²) < 4.78 is 2.43. The van der Waals surface area contributed by atoms with Gasteiger partial charge >= 0.3 is 0 Å². The van der Waals surface area contributed by atoms with Gasteiger partial charge in [-0.2, -0.15) is 0 Å². The van der Waals surface area contributed by atoms with Gasteiger partial charge < -0.3 is 9.47 Å². The molecule has 0 atom stereocenters. The average molecular weight is 925 g/mol. The zero-order valence-corrected chi connectivity index (χ0v) is 39.8. The molecule has 338 valence electrons. The van der Waals surface area contributed by atoms with E-state index in [9.17, 15) is 0 Å². The third-order valence-electron chi connectivity index (χ3n) is 16.4. The molecule has 13 aromatic carbocycles. The molecule has 1 heterocycles. The maximum Gasteiger partial charge on any atom is 0.0726 e. The second-order valence-corrected chi connectivity index (χ2v) is 19.9. The van der Waals surface area contributed by atoms with Gasteiger partial charge in [0.2, 0.25) is 0 Å². The highest BCUT2D eigenvalue weighted by molar-refractivity contribution is 6.26. The normalized spacial score (nSPS) is 13.0. The van der Waals surface area contributed by atoms with Crippen molar-refractivity contribution in [3.63, 3.8) is 0 Å². The van der Waals surface area contributed by atoms with E-state index < -0.39 is 5.41 Å². The number of aromatic nitrogens is 1. The SMILES string of the molecule is c1ccc(-n2c3ccccc3c3c4ccccc4c(-c4ccc(N(c5ccc6c(c5)C5(c7ccccc7-c7ccccc75)c5ccccc5-6)c5ccc6c7ccccc7c7ccccc7c6c5)cc4)cc32)cc1. The van der Waals surface area contributed by atoms with Crippen molar-refractivity contribution in [3.05, 3.63) is 289 Å². The first-order chi connectivity index (χ1) is 36.2. The molecule has 0 aliphatic heterocycles. The van der Waals surface area contributed by atoms with E-state index >= 15 is 0 Å². The third kappa shape index (κ3) is 5.52. The van der Waals surface area contributed by atoms with Gasteiger partial charge in [0.1, 0.15) is 0 Å². The van der Waals surface area contributed by atoms with Gasteiger partial charge in [0.25, 0.3) is 0 Å². The molecular formula is C71H44N2. The van der Waals surface area contributed by atoms with Gasteiger partial charge in [-0.25, -0.2) is 0 Å². The molecule has 0 N–H and O–H groups in total. The number of hydrogen-bond donors (Lipinski definition) is 0. The summed E-state index contributed by atoms with van der Waals surface area (Å²) in [6.07, 6.45) is 0. The van der Waals surface area contributed by atoms with E-state index in [0.29, 0.717) is 0 Å². The molecule has 0 unspecified atom stereocenters. The summed E-state index contributed by atoms with van der Waals surface area (Å²) in [4.78, 5) is 2.49. The van der Waals surface area contributed by atoms with Crippen LogP contribution in [-0.4, -0.2) is 4.57 Å². The highest BCUT2D eigenvalue weighted by Crippen LogP contribution is 2.63. The predicted octanol–water partition coefficient (Wildman–Crippen LogP) is 18.9. The Morgan fingerprint density at radius 2 is 0.712 bits per heavy atom. The Balaban J connectivity index is 0.936. The lowest BCUT2D eigenvalue weighted by Crippen LogP contribution is -2.26. The van der Waals surface area contributed by atoms with Crippen molar-refractivity contribution >= 4 is 82.0 Å². The van der Waals surface area contributed by atoms with Crippen LogP contribution in [0.5, 0.6) is 0 Å². The molecule has 2 aliphatic carbocycles. The highest BCUT2D eigenvalue weighted by Gasteiger charge is 2.51. The van der Waals surface area contributed by atoms with Crippen LogP contribution in [0.4, 0.5) is 17.1 Å². The molecule has 73 heavy (non-hydrogen) atoms. The van der Waals surface area contributed by atoms with Crippen molar-refractivity contribution < 1.29 is 0 Å². The van der Waals surface area contributed by atoms with Gasteiger partial charge in [-0.3, -0.25) is 0 Å². The first kappa shape index (κ1) is 40.3. The van der Waals surface area contributed by atoms with Crippen LogP contribution < -0.4 is 4.90 Å². The van der Waals surface area contributed by atoms with Gasteiger partial charge in [0, 0.05) is 33.5 Å². The molecule has 1 spiro atoms. The Hall–Kier alpha value is -9.50. The van der Waals surface area contributed by atoms with Crippen LogP contribution in [0.25, 0.3) is 104 Å². The van der Waals surface area contributed by atoms with Crippen LogP contribution in [-0.2, 0) is 5.41 Å². The number of benzene rings is 13. The standard InChI is InChI=1S/C71H44N2/c1-2-18-46(19-3-1)73-68-33-17-13-29-61(68)70-60-28-9-8-24-54(60)62(44-69(70)73)45-34-36-47(37-35-45)72(48-38-40-55-52-22-5-4-20-50(52)51-21-6-7-23-53(51)63(55)42-48)49-39-41-59-58-27-12-16-32-66(58)71(67(59)43-49)64-30-14-10-25-56(64)57-26-11-15-31-65(57)71/h1-44H. The number of rotatable bonds is 5. The van der Waals surface area contributed by atoms with Crippen LogP contribution in [0.15, 0.2) is 267 Å². The predicted molar refractivity (Wildman–Crippen MR) is 307 cm³/mol. The van der Waals surface area contributed by atoms with Crippen molar-refractivity contribution in [1.82, 2.24) is 4.57 Å². The maximum absolute atomic E-state index is 2.51. The lowest BCUT2D eigenvalue weighted by molar-refractivity contribution is 0.793. The minimum atomic E-state index is -0.467. The Labute approximate surface area is 422 Å². The Morgan fingerprint density at radius 1 is 0.260 bits per heavy atom. The topological polar surface area (TPSA) is 8.17 Å². The molecular weight excluding hydrogens is 881 g/mol. The molecule has 2 heteroatoms. The number of hydrogen-bond acceptors (Lipinski definition) is 1. The number of nitrogens with zero attached hydrogens (tertiary/aromatic N) is 2. The molecule has 1 aromatic heterocycles. The fraction of sp³-hybridized carbons (Fsp3) is 0.0141. The van der Waals surface area contributed by atoms with Crippen molar-refractivity contribution in [2.75, 3.05) is 4.90 Å². The zero-order chi connectivity index (χ0) is 47.8. The lowest BCUT2D eigenvalue weighted by Gasteiger charge is -2.32. The van der Waals surface area contributed by atoms with Gasteiger partial charge in [0.05, 0.1) is 16.4 Å². The summed E-state index contributed by atoms with van der Waals surface area (Å²) in [5.41, 5.74) is 19.3. The summed E-state index contributed by atoms with van der Waals surface area (Å²) in [7, 11) is 0. The molecule has 0 saturated heterocycles. The second kappa shape index (κ2) is 15.3. The summed E-state index contributed by atoms with van der Waals surface area (Å²) in [5, 5.41) is 12.6. The molecule has 0 amide bonds. The van der Waals surface area contributed by atoms with E-state index in [1.54, 1.807) is 0 Å². The molecule has 2 aliphatic rings. The minimum Gasteiger partial charge on any atom is -0.310 e. The summed E-state index contributed by atoms with van der Waals surface area (Å²) >= 11 is 0. The smallest absolute Gasteiger partial charge is 0.0726 e. The highest BCUT2D eigenvalue weighted by atomic mass is 15.1. The molecule has 16 rings (SSSR count). The van der Waals surface area contributed by atoms with Crippen LogP contribution in [0, 0.1) is 0 Å². The van der Waals surface area contributed by atoms with Crippen molar-refractivity contribution in [1.29, 1.82) is 0 Å². The summed E-state index contributed by atoms with van der Waals surface area (Å²) in [6.45, 7) is 0. The quantitative estimate of drug-likeness (QED) is 0.156. The fourth-order valence-corrected chi connectivity index (χ4v) is 13.4. The monoisotopic (exact) mass is 924 g/mol. The van der Waals surface area contributed by atoms with Crippen LogP contribution in [0.2, 0.25) is 0 Å². The molecule has 0 saturated carbocycles. The zero-order valence-electron chi connectivity index (χ0n) is 39.8. The third-order valence-corrected chi connectivity index (χ3v) is 16.4. The van der Waals surface area contributed by atoms with Crippen LogP contribution in [0.1, 0.15) is 22.3 Å². The largest absolute Gasteiger partial charge is 0.310 e. The van der Waals surface area contributed by atoms with Gasteiger partial charge in [-0.15, -0.1) is 0 Å². The molecule has 14 aromatic rings. The molecule has 0 radical (unpaired) electrons. The van der Waals surface area contributed by atoms with Gasteiger partial charge in [-0.1, -0.05) is 206 Å². The number of para-hydroxylation sites is 2. The summed E-state index contributed by atoms with van der Waals surface area (Å²) in [5.74, 6) is 0. The van der Waals surface area contributed by atoms with Crippen molar-refractivity contribution in [2.24, 2.45) is 0 Å². The van der Waals surface area contributed by atoms with E-state index in [1.165, 1.54) is 121 Å². The molecule has 0 fully saturated rings. The van der Waals surface area contributed by atoms with Crippen LogP contribution >= 0.6 is 0 Å². The van der Waals surface area contributed by atoms with E-state index in [1.807, 2.05) is 0 Å². The summed E-state index contributed by atoms with van der Waals surface area (Å²) in [6, 6.07) is 99.7. The maximum atomic E-state index is 2.51. The Morgan fingerprint density at radius 3 is 1.34 bits per heavy atom.